The molecule has 1 unspecified atom stereocenters. The smallest absolute Gasteiger partial charge is 0.226 e. The first kappa shape index (κ1) is 15.0. The normalized spacial score (nSPS) is 15.6. The van der Waals surface area contributed by atoms with Gasteiger partial charge >= 0.3 is 0 Å². The minimum Gasteiger partial charge on any atom is -0.393 e. The number of carbonyl (C=O) groups excluding carboxylic acids is 1. The van der Waals surface area contributed by atoms with E-state index in [1.807, 2.05) is 7.05 Å². The van der Waals surface area contributed by atoms with Crippen molar-refractivity contribution >= 4 is 5.91 Å². The van der Waals surface area contributed by atoms with Crippen LogP contribution in [-0.2, 0) is 24.1 Å². The van der Waals surface area contributed by atoms with Gasteiger partial charge < -0.3 is 10.0 Å². The number of benzene rings is 1. The fourth-order valence-corrected chi connectivity index (χ4v) is 2.71. The van der Waals surface area contributed by atoms with Crippen molar-refractivity contribution in [1.82, 2.24) is 4.90 Å². The van der Waals surface area contributed by atoms with Gasteiger partial charge in [-0.3, -0.25) is 4.79 Å². The standard InChI is InChI=1S/C17H25NO2/c1-13(19)9-10-18(2)17(20)12-14-7-8-15-5-3-4-6-16(15)11-14/h7-8,11,13,19H,3-6,9-10,12H2,1-2H3. The van der Waals surface area contributed by atoms with E-state index in [2.05, 4.69) is 18.2 Å². The molecule has 1 aromatic rings. The van der Waals surface area contributed by atoms with Crippen molar-refractivity contribution in [3.8, 4) is 0 Å². The highest BCUT2D eigenvalue weighted by atomic mass is 16.3. The van der Waals surface area contributed by atoms with Crippen LogP contribution in [0.1, 0.15) is 42.9 Å². The molecule has 0 spiro atoms. The van der Waals surface area contributed by atoms with E-state index in [1.54, 1.807) is 11.8 Å². The summed E-state index contributed by atoms with van der Waals surface area (Å²) in [4.78, 5) is 13.9. The lowest BCUT2D eigenvalue weighted by Crippen LogP contribution is -2.30. The summed E-state index contributed by atoms with van der Waals surface area (Å²) in [6.07, 6.45) is 5.61. The number of aliphatic hydroxyl groups is 1. The van der Waals surface area contributed by atoms with Gasteiger partial charge in [0.25, 0.3) is 0 Å². The Bertz CT molecular complexity index is 468. The first-order valence-electron chi connectivity index (χ1n) is 7.59. The summed E-state index contributed by atoms with van der Waals surface area (Å²) < 4.78 is 0. The Hall–Kier alpha value is -1.35. The van der Waals surface area contributed by atoms with Gasteiger partial charge in [0.2, 0.25) is 5.91 Å². The number of likely N-dealkylation sites (N-methyl/N-ethyl adjacent to an activating group) is 1. The molecule has 0 fully saturated rings. The molecule has 3 heteroatoms. The third-order valence-electron chi connectivity index (χ3n) is 4.08. The van der Waals surface area contributed by atoms with Crippen LogP contribution in [0.5, 0.6) is 0 Å². The maximum Gasteiger partial charge on any atom is 0.226 e. The number of hydrogen-bond donors (Lipinski definition) is 1. The molecular weight excluding hydrogens is 250 g/mol. The molecule has 2 rings (SSSR count). The van der Waals surface area contributed by atoms with Gasteiger partial charge in [0.1, 0.15) is 0 Å². The van der Waals surface area contributed by atoms with E-state index in [0.717, 1.165) is 12.0 Å². The summed E-state index contributed by atoms with van der Waals surface area (Å²) in [7, 11) is 1.81. The predicted molar refractivity (Wildman–Crippen MR) is 80.7 cm³/mol. The number of nitrogens with zero attached hydrogens (tertiary/aromatic N) is 1. The number of rotatable bonds is 5. The van der Waals surface area contributed by atoms with Gasteiger partial charge in [0.05, 0.1) is 12.5 Å². The molecule has 1 amide bonds. The van der Waals surface area contributed by atoms with Gasteiger partial charge in [-0.25, -0.2) is 0 Å². The summed E-state index contributed by atoms with van der Waals surface area (Å²) >= 11 is 0. The number of fused-ring (bicyclic) bond motifs is 1. The highest BCUT2D eigenvalue weighted by Gasteiger charge is 2.13. The zero-order valence-electron chi connectivity index (χ0n) is 12.6. The van der Waals surface area contributed by atoms with Gasteiger partial charge in [-0.15, -0.1) is 0 Å². The lowest BCUT2D eigenvalue weighted by Gasteiger charge is -2.19. The Labute approximate surface area is 121 Å². The van der Waals surface area contributed by atoms with Crippen molar-refractivity contribution in [3.05, 3.63) is 34.9 Å². The molecule has 1 aliphatic rings. The highest BCUT2D eigenvalue weighted by molar-refractivity contribution is 5.78. The van der Waals surface area contributed by atoms with Crippen LogP contribution in [0.15, 0.2) is 18.2 Å². The molecule has 0 heterocycles. The van der Waals surface area contributed by atoms with Crippen LogP contribution in [0.25, 0.3) is 0 Å². The SMILES string of the molecule is CC(O)CCN(C)C(=O)Cc1ccc2c(c1)CCCC2. The maximum atomic E-state index is 12.1. The Morgan fingerprint density at radius 1 is 1.30 bits per heavy atom. The third kappa shape index (κ3) is 4.07. The molecule has 3 nitrogen and oxygen atoms in total. The van der Waals surface area contributed by atoms with E-state index < -0.39 is 0 Å². The lowest BCUT2D eigenvalue weighted by molar-refractivity contribution is -0.129. The Balaban J connectivity index is 1.94. The Morgan fingerprint density at radius 3 is 2.70 bits per heavy atom. The molecule has 0 saturated heterocycles. The van der Waals surface area contributed by atoms with Crippen molar-refractivity contribution in [2.24, 2.45) is 0 Å². The van der Waals surface area contributed by atoms with Gasteiger partial charge in [-0.05, 0) is 55.7 Å². The average molecular weight is 275 g/mol. The molecule has 1 N–H and O–H groups in total. The number of aliphatic hydroxyl groups excluding tert-OH is 1. The largest absolute Gasteiger partial charge is 0.393 e. The highest BCUT2D eigenvalue weighted by Crippen LogP contribution is 2.22. The molecule has 0 aromatic heterocycles. The number of carbonyl (C=O) groups is 1. The molecule has 0 radical (unpaired) electrons. The van der Waals surface area contributed by atoms with Gasteiger partial charge in [-0.2, -0.15) is 0 Å². The van der Waals surface area contributed by atoms with Crippen LogP contribution >= 0.6 is 0 Å². The van der Waals surface area contributed by atoms with Crippen molar-refractivity contribution in [1.29, 1.82) is 0 Å². The average Bonchev–Trinajstić information content (AvgIpc) is 2.44. The lowest BCUT2D eigenvalue weighted by atomic mass is 9.90. The summed E-state index contributed by atoms with van der Waals surface area (Å²) in [6.45, 7) is 2.36. The quantitative estimate of drug-likeness (QED) is 0.896. The van der Waals surface area contributed by atoms with Crippen molar-refractivity contribution in [3.63, 3.8) is 0 Å². The summed E-state index contributed by atoms with van der Waals surface area (Å²) in [6, 6.07) is 6.48. The van der Waals surface area contributed by atoms with Crippen LogP contribution < -0.4 is 0 Å². The molecule has 1 aliphatic carbocycles. The van der Waals surface area contributed by atoms with E-state index in [-0.39, 0.29) is 12.0 Å². The minimum atomic E-state index is -0.353. The Morgan fingerprint density at radius 2 is 2.00 bits per heavy atom. The zero-order chi connectivity index (χ0) is 14.5. The first-order valence-corrected chi connectivity index (χ1v) is 7.59. The van der Waals surface area contributed by atoms with Crippen molar-refractivity contribution in [2.45, 2.75) is 51.6 Å². The van der Waals surface area contributed by atoms with Gasteiger partial charge in [0.15, 0.2) is 0 Å². The summed E-state index contributed by atoms with van der Waals surface area (Å²) in [5.41, 5.74) is 3.99. The Kier molecular flexibility index (Phi) is 5.18. The molecule has 0 aliphatic heterocycles. The molecular formula is C17H25NO2. The molecule has 20 heavy (non-hydrogen) atoms. The van der Waals surface area contributed by atoms with E-state index >= 15 is 0 Å². The summed E-state index contributed by atoms with van der Waals surface area (Å²) in [5, 5.41) is 9.27. The fraction of sp³-hybridized carbons (Fsp3) is 0.588. The van der Waals surface area contributed by atoms with Crippen molar-refractivity contribution in [2.75, 3.05) is 13.6 Å². The second-order valence-electron chi connectivity index (χ2n) is 5.94. The van der Waals surface area contributed by atoms with Crippen LogP contribution in [-0.4, -0.2) is 35.6 Å². The van der Waals surface area contributed by atoms with Crippen molar-refractivity contribution < 1.29 is 9.90 Å². The van der Waals surface area contributed by atoms with E-state index in [9.17, 15) is 9.90 Å². The van der Waals surface area contributed by atoms with E-state index in [4.69, 9.17) is 0 Å². The third-order valence-corrected chi connectivity index (χ3v) is 4.08. The molecule has 1 atom stereocenters. The zero-order valence-corrected chi connectivity index (χ0v) is 12.6. The molecule has 0 bridgehead atoms. The van der Waals surface area contributed by atoms with Crippen LogP contribution in [0.3, 0.4) is 0 Å². The second kappa shape index (κ2) is 6.89. The van der Waals surface area contributed by atoms with Crippen LogP contribution in [0, 0.1) is 0 Å². The monoisotopic (exact) mass is 275 g/mol. The molecule has 110 valence electrons. The minimum absolute atomic E-state index is 0.126. The summed E-state index contributed by atoms with van der Waals surface area (Å²) in [5.74, 6) is 0.126. The molecule has 0 saturated carbocycles. The molecule has 1 aromatic carbocycles. The van der Waals surface area contributed by atoms with Gasteiger partial charge in [0, 0.05) is 13.6 Å². The predicted octanol–water partition coefficient (Wildman–Crippen LogP) is 2.34. The van der Waals surface area contributed by atoms with Crippen LogP contribution in [0.4, 0.5) is 0 Å². The maximum absolute atomic E-state index is 12.1. The number of aryl methyl sites for hydroxylation is 2. The second-order valence-corrected chi connectivity index (χ2v) is 5.94. The fourth-order valence-electron chi connectivity index (χ4n) is 2.71. The topological polar surface area (TPSA) is 40.5 Å². The van der Waals surface area contributed by atoms with Crippen LogP contribution in [0.2, 0.25) is 0 Å². The van der Waals surface area contributed by atoms with Gasteiger partial charge in [-0.1, -0.05) is 18.2 Å². The number of hydrogen-bond acceptors (Lipinski definition) is 2. The number of amides is 1. The van der Waals surface area contributed by atoms with E-state index in [1.165, 1.54) is 30.4 Å². The van der Waals surface area contributed by atoms with E-state index in [0.29, 0.717) is 19.4 Å². The first-order chi connectivity index (χ1) is 9.56.